The number of imidazole rings is 1. The first-order chi connectivity index (χ1) is 9.95. The molecule has 0 fully saturated rings. The zero-order chi connectivity index (χ0) is 15.6. The summed E-state index contributed by atoms with van der Waals surface area (Å²) in [6, 6.07) is 6.49. The second kappa shape index (κ2) is 6.69. The predicted molar refractivity (Wildman–Crippen MR) is 89.4 cm³/mol. The van der Waals surface area contributed by atoms with E-state index in [1.54, 1.807) is 0 Å². The van der Waals surface area contributed by atoms with E-state index in [1.165, 1.54) is 0 Å². The lowest BCUT2D eigenvalue weighted by atomic mass is 10.2. The van der Waals surface area contributed by atoms with E-state index in [1.807, 2.05) is 32.9 Å². The number of aromatic nitrogens is 2. The van der Waals surface area contributed by atoms with Crippen LogP contribution in [0.4, 0.5) is 0 Å². The minimum atomic E-state index is -0.122. The van der Waals surface area contributed by atoms with Gasteiger partial charge in [-0.1, -0.05) is 19.4 Å². The number of halogens is 1. The first kappa shape index (κ1) is 16.2. The molecule has 21 heavy (non-hydrogen) atoms. The molecule has 1 heterocycles. The van der Waals surface area contributed by atoms with Crippen molar-refractivity contribution < 1.29 is 4.74 Å². The first-order valence-electron chi connectivity index (χ1n) is 7.77. The molecule has 116 valence electrons. The standard InChI is InChI=1S/C17H25ClN2O/c1-6-8-12(4)20-14-9-7-10-15(21-11(2)3)16(14)19-17(20)13(5)18/h7,9-13H,6,8H2,1-5H3. The molecule has 0 spiro atoms. The highest BCUT2D eigenvalue weighted by Crippen LogP contribution is 2.34. The lowest BCUT2D eigenvalue weighted by Gasteiger charge is -2.18. The molecular weight excluding hydrogens is 284 g/mol. The molecule has 2 unspecified atom stereocenters. The first-order valence-corrected chi connectivity index (χ1v) is 8.20. The lowest BCUT2D eigenvalue weighted by Crippen LogP contribution is -2.09. The minimum absolute atomic E-state index is 0.122. The number of nitrogens with zero attached hydrogens (tertiary/aromatic N) is 2. The topological polar surface area (TPSA) is 27.1 Å². The zero-order valence-corrected chi connectivity index (χ0v) is 14.3. The maximum Gasteiger partial charge on any atom is 0.147 e. The summed E-state index contributed by atoms with van der Waals surface area (Å²) < 4.78 is 8.16. The van der Waals surface area contributed by atoms with Crippen molar-refractivity contribution in [2.45, 2.75) is 65.0 Å². The molecule has 3 nitrogen and oxygen atoms in total. The van der Waals surface area contributed by atoms with Gasteiger partial charge in [-0.2, -0.15) is 0 Å². The number of fused-ring (bicyclic) bond motifs is 1. The molecule has 0 saturated carbocycles. The van der Waals surface area contributed by atoms with E-state index in [9.17, 15) is 0 Å². The van der Waals surface area contributed by atoms with Gasteiger partial charge in [-0.05, 0) is 46.2 Å². The SMILES string of the molecule is CCCC(C)n1c(C(C)Cl)nc2c(OC(C)C)cccc21. The van der Waals surface area contributed by atoms with Crippen LogP contribution in [0.5, 0.6) is 5.75 Å². The van der Waals surface area contributed by atoms with Gasteiger partial charge in [0.25, 0.3) is 0 Å². The highest BCUT2D eigenvalue weighted by atomic mass is 35.5. The Balaban J connectivity index is 2.62. The Morgan fingerprint density at radius 1 is 1.24 bits per heavy atom. The number of ether oxygens (including phenoxy) is 1. The molecule has 4 heteroatoms. The summed E-state index contributed by atoms with van der Waals surface area (Å²) in [7, 11) is 0. The Labute approximate surface area is 132 Å². The molecule has 0 bridgehead atoms. The molecule has 0 aliphatic rings. The molecule has 0 amide bonds. The van der Waals surface area contributed by atoms with Crippen LogP contribution in [-0.4, -0.2) is 15.7 Å². The summed E-state index contributed by atoms with van der Waals surface area (Å²) in [5.74, 6) is 1.76. The van der Waals surface area contributed by atoms with Crippen LogP contribution < -0.4 is 4.74 Å². The van der Waals surface area contributed by atoms with E-state index in [-0.39, 0.29) is 11.5 Å². The molecule has 2 aromatic rings. The quantitative estimate of drug-likeness (QED) is 0.660. The number of para-hydroxylation sites is 1. The molecule has 0 aliphatic heterocycles. The van der Waals surface area contributed by atoms with Gasteiger partial charge < -0.3 is 9.30 Å². The fraction of sp³-hybridized carbons (Fsp3) is 0.588. The molecule has 0 N–H and O–H groups in total. The van der Waals surface area contributed by atoms with Crippen molar-refractivity contribution in [1.82, 2.24) is 9.55 Å². The summed E-state index contributed by atoms with van der Waals surface area (Å²) in [6.07, 6.45) is 2.38. The van der Waals surface area contributed by atoms with Crippen molar-refractivity contribution in [2.24, 2.45) is 0 Å². The summed E-state index contributed by atoms with van der Waals surface area (Å²) in [5, 5.41) is -0.122. The summed E-state index contributed by atoms with van der Waals surface area (Å²) in [4.78, 5) is 4.77. The smallest absolute Gasteiger partial charge is 0.147 e. The van der Waals surface area contributed by atoms with Crippen molar-refractivity contribution in [2.75, 3.05) is 0 Å². The van der Waals surface area contributed by atoms with Gasteiger partial charge >= 0.3 is 0 Å². The lowest BCUT2D eigenvalue weighted by molar-refractivity contribution is 0.245. The van der Waals surface area contributed by atoms with Crippen molar-refractivity contribution in [3.8, 4) is 5.75 Å². The number of hydrogen-bond donors (Lipinski definition) is 0. The Morgan fingerprint density at radius 2 is 1.95 bits per heavy atom. The van der Waals surface area contributed by atoms with E-state index in [0.717, 1.165) is 35.4 Å². The molecule has 0 saturated heterocycles. The van der Waals surface area contributed by atoms with Gasteiger partial charge in [-0.15, -0.1) is 11.6 Å². The average molecular weight is 309 g/mol. The van der Waals surface area contributed by atoms with E-state index < -0.39 is 0 Å². The number of benzene rings is 1. The van der Waals surface area contributed by atoms with Crippen molar-refractivity contribution in [3.05, 3.63) is 24.0 Å². The Morgan fingerprint density at radius 3 is 2.52 bits per heavy atom. The van der Waals surface area contributed by atoms with Gasteiger partial charge in [0.05, 0.1) is 17.0 Å². The van der Waals surface area contributed by atoms with Crippen LogP contribution in [0.1, 0.15) is 64.7 Å². The molecule has 1 aromatic carbocycles. The Hall–Kier alpha value is -1.22. The van der Waals surface area contributed by atoms with Crippen LogP contribution >= 0.6 is 11.6 Å². The van der Waals surface area contributed by atoms with E-state index in [4.69, 9.17) is 21.3 Å². The maximum atomic E-state index is 6.36. The third-order valence-electron chi connectivity index (χ3n) is 3.58. The third kappa shape index (κ3) is 3.34. The summed E-state index contributed by atoms with van der Waals surface area (Å²) in [5.41, 5.74) is 2.02. The monoisotopic (exact) mass is 308 g/mol. The van der Waals surface area contributed by atoms with Gasteiger partial charge in [0, 0.05) is 6.04 Å². The molecule has 2 rings (SSSR count). The van der Waals surface area contributed by atoms with Gasteiger partial charge in [0.2, 0.25) is 0 Å². The number of rotatable bonds is 6. The van der Waals surface area contributed by atoms with Gasteiger partial charge in [-0.3, -0.25) is 0 Å². The van der Waals surface area contributed by atoms with Crippen LogP contribution in [0.3, 0.4) is 0 Å². The van der Waals surface area contributed by atoms with Crippen LogP contribution in [0.25, 0.3) is 11.0 Å². The summed E-state index contributed by atoms with van der Waals surface area (Å²) >= 11 is 6.36. The van der Waals surface area contributed by atoms with E-state index in [2.05, 4.69) is 24.5 Å². The van der Waals surface area contributed by atoms with Crippen LogP contribution in [-0.2, 0) is 0 Å². The fourth-order valence-corrected chi connectivity index (χ4v) is 2.90. The zero-order valence-electron chi connectivity index (χ0n) is 13.6. The highest BCUT2D eigenvalue weighted by molar-refractivity contribution is 6.20. The van der Waals surface area contributed by atoms with Crippen LogP contribution in [0.2, 0.25) is 0 Å². The summed E-state index contributed by atoms with van der Waals surface area (Å²) in [6.45, 7) is 10.5. The largest absolute Gasteiger partial charge is 0.489 e. The van der Waals surface area contributed by atoms with Crippen molar-refractivity contribution in [1.29, 1.82) is 0 Å². The number of alkyl halides is 1. The number of hydrogen-bond acceptors (Lipinski definition) is 2. The minimum Gasteiger partial charge on any atom is -0.489 e. The molecular formula is C17H25ClN2O. The second-order valence-corrected chi connectivity index (χ2v) is 6.54. The van der Waals surface area contributed by atoms with Gasteiger partial charge in [0.1, 0.15) is 17.1 Å². The van der Waals surface area contributed by atoms with Gasteiger partial charge in [0.15, 0.2) is 0 Å². The van der Waals surface area contributed by atoms with Crippen molar-refractivity contribution in [3.63, 3.8) is 0 Å². The van der Waals surface area contributed by atoms with Gasteiger partial charge in [-0.25, -0.2) is 4.98 Å². The van der Waals surface area contributed by atoms with E-state index >= 15 is 0 Å². The molecule has 0 aliphatic carbocycles. The maximum absolute atomic E-state index is 6.36. The highest BCUT2D eigenvalue weighted by Gasteiger charge is 2.20. The second-order valence-electron chi connectivity index (χ2n) is 5.88. The predicted octanol–water partition coefficient (Wildman–Crippen LogP) is 5.48. The Kier molecular flexibility index (Phi) is 5.15. The Bertz CT molecular complexity index is 604. The normalized spacial score (nSPS) is 14.6. The van der Waals surface area contributed by atoms with Crippen molar-refractivity contribution >= 4 is 22.6 Å². The van der Waals surface area contributed by atoms with Crippen LogP contribution in [0.15, 0.2) is 18.2 Å². The molecule has 2 atom stereocenters. The third-order valence-corrected chi connectivity index (χ3v) is 3.77. The van der Waals surface area contributed by atoms with Crippen LogP contribution in [0, 0.1) is 0 Å². The molecule has 1 aromatic heterocycles. The molecule has 0 radical (unpaired) electrons. The van der Waals surface area contributed by atoms with E-state index in [0.29, 0.717) is 6.04 Å². The fourth-order valence-electron chi connectivity index (χ4n) is 2.75. The average Bonchev–Trinajstić information content (AvgIpc) is 2.79.